The van der Waals surface area contributed by atoms with Gasteiger partial charge in [0.15, 0.2) is 0 Å². The molecule has 118 valence electrons. The number of hydrogen-bond acceptors (Lipinski definition) is 4. The Bertz CT molecular complexity index is 473. The van der Waals surface area contributed by atoms with E-state index in [4.69, 9.17) is 9.47 Å². The Balaban J connectivity index is 1.81. The molecular weight excluding hydrogens is 270 g/mol. The highest BCUT2D eigenvalue weighted by molar-refractivity contribution is 5.76. The van der Waals surface area contributed by atoms with E-state index in [9.17, 15) is 4.79 Å². The van der Waals surface area contributed by atoms with Gasteiger partial charge in [0.05, 0.1) is 18.4 Å². The van der Waals surface area contributed by atoms with E-state index in [2.05, 4.69) is 10.2 Å². The molecule has 0 bridgehead atoms. The monoisotopic (exact) mass is 295 g/mol. The summed E-state index contributed by atoms with van der Waals surface area (Å²) in [6.07, 6.45) is 2.12. The highest BCUT2D eigenvalue weighted by atomic mass is 16.5. The zero-order valence-electron chi connectivity index (χ0n) is 13.1. The minimum Gasteiger partial charge on any atom is -0.385 e. The number of aryl methyl sites for hydroxylation is 2. The van der Waals surface area contributed by atoms with Crippen molar-refractivity contribution in [1.82, 2.24) is 15.1 Å². The second-order valence-electron chi connectivity index (χ2n) is 5.53. The molecule has 2 heterocycles. The van der Waals surface area contributed by atoms with Crippen LogP contribution in [-0.2, 0) is 20.7 Å². The Hall–Kier alpha value is -1.40. The number of rotatable bonds is 6. The summed E-state index contributed by atoms with van der Waals surface area (Å²) >= 11 is 0. The smallest absolute Gasteiger partial charge is 0.223 e. The number of amides is 1. The molecule has 6 heteroatoms. The highest BCUT2D eigenvalue weighted by Crippen LogP contribution is 2.14. The van der Waals surface area contributed by atoms with Crippen molar-refractivity contribution in [2.24, 2.45) is 0 Å². The minimum atomic E-state index is 0.0945. The topological polar surface area (TPSA) is 67.5 Å². The molecule has 6 nitrogen and oxygen atoms in total. The van der Waals surface area contributed by atoms with Crippen LogP contribution in [0.15, 0.2) is 0 Å². The Labute approximate surface area is 125 Å². The third-order valence-electron chi connectivity index (χ3n) is 4.07. The van der Waals surface area contributed by atoms with E-state index < -0.39 is 0 Å². The Morgan fingerprint density at radius 1 is 1.52 bits per heavy atom. The molecular formula is C15H25N3O3. The number of carbonyl (C=O) groups excluding carboxylic acids is 1. The van der Waals surface area contributed by atoms with Crippen molar-refractivity contribution in [3.05, 3.63) is 17.0 Å². The van der Waals surface area contributed by atoms with Crippen LogP contribution >= 0.6 is 0 Å². The van der Waals surface area contributed by atoms with Crippen LogP contribution in [0, 0.1) is 13.8 Å². The summed E-state index contributed by atoms with van der Waals surface area (Å²) in [5, 5.41) is 7.21. The lowest BCUT2D eigenvalue weighted by molar-refractivity contribution is -0.139. The van der Waals surface area contributed by atoms with Crippen LogP contribution < -0.4 is 0 Å². The van der Waals surface area contributed by atoms with Gasteiger partial charge in [0, 0.05) is 45.3 Å². The number of aromatic nitrogens is 2. The number of H-pyrrole nitrogens is 1. The first kappa shape index (κ1) is 16.0. The van der Waals surface area contributed by atoms with Gasteiger partial charge in [0.25, 0.3) is 0 Å². The lowest BCUT2D eigenvalue weighted by Crippen LogP contribution is -2.46. The van der Waals surface area contributed by atoms with E-state index in [-0.39, 0.29) is 12.0 Å². The predicted molar refractivity (Wildman–Crippen MR) is 79.2 cm³/mol. The third-order valence-corrected chi connectivity index (χ3v) is 4.07. The van der Waals surface area contributed by atoms with E-state index >= 15 is 0 Å². The van der Waals surface area contributed by atoms with Crippen molar-refractivity contribution in [1.29, 1.82) is 0 Å². The maximum absolute atomic E-state index is 12.3. The average molecular weight is 295 g/mol. The second-order valence-corrected chi connectivity index (χ2v) is 5.53. The lowest BCUT2D eigenvalue weighted by Gasteiger charge is -2.33. The first-order chi connectivity index (χ1) is 10.1. The first-order valence-electron chi connectivity index (χ1n) is 7.50. The van der Waals surface area contributed by atoms with Crippen molar-refractivity contribution >= 4 is 5.91 Å². The van der Waals surface area contributed by atoms with E-state index in [1.54, 1.807) is 7.11 Å². The number of ether oxygens (including phenoxy) is 2. The molecule has 1 aromatic heterocycles. The van der Waals surface area contributed by atoms with E-state index in [0.29, 0.717) is 39.1 Å². The van der Waals surface area contributed by atoms with Crippen LogP contribution in [0.3, 0.4) is 0 Å². The average Bonchev–Trinajstić information content (AvgIpc) is 2.82. The molecule has 21 heavy (non-hydrogen) atoms. The number of aromatic amines is 1. The molecule has 1 atom stereocenters. The molecule has 0 saturated carbocycles. The summed E-state index contributed by atoms with van der Waals surface area (Å²) in [4.78, 5) is 14.2. The minimum absolute atomic E-state index is 0.0945. The fraction of sp³-hybridized carbons (Fsp3) is 0.733. The largest absolute Gasteiger partial charge is 0.385 e. The molecule has 2 rings (SSSR count). The highest BCUT2D eigenvalue weighted by Gasteiger charge is 2.24. The van der Waals surface area contributed by atoms with Gasteiger partial charge in [0.2, 0.25) is 5.91 Å². The van der Waals surface area contributed by atoms with Crippen molar-refractivity contribution < 1.29 is 14.3 Å². The Morgan fingerprint density at radius 3 is 3.00 bits per heavy atom. The molecule has 1 aliphatic heterocycles. The molecule has 1 amide bonds. The third kappa shape index (κ3) is 4.28. The Kier molecular flexibility index (Phi) is 5.76. The standard InChI is InChI=1S/C15H25N3O3/c1-11-12(2)16-17-14(11)4-5-15(19)18-7-9-21-13(10-18)6-8-20-3/h13H,4-10H2,1-3H3,(H,16,17)/t13-/m1/s1. The summed E-state index contributed by atoms with van der Waals surface area (Å²) in [5.74, 6) is 0.181. The van der Waals surface area contributed by atoms with Crippen molar-refractivity contribution in [3.8, 4) is 0 Å². The van der Waals surface area contributed by atoms with Crippen LogP contribution in [0.25, 0.3) is 0 Å². The van der Waals surface area contributed by atoms with Crippen LogP contribution in [0.4, 0.5) is 0 Å². The summed E-state index contributed by atoms with van der Waals surface area (Å²) in [7, 11) is 1.68. The van der Waals surface area contributed by atoms with Gasteiger partial charge < -0.3 is 14.4 Å². The first-order valence-corrected chi connectivity index (χ1v) is 7.50. The molecule has 1 aliphatic rings. The lowest BCUT2D eigenvalue weighted by atomic mass is 10.1. The van der Waals surface area contributed by atoms with Gasteiger partial charge in [-0.05, 0) is 25.8 Å². The van der Waals surface area contributed by atoms with Gasteiger partial charge in [-0.15, -0.1) is 0 Å². The van der Waals surface area contributed by atoms with Gasteiger partial charge in [-0.2, -0.15) is 5.10 Å². The number of nitrogens with zero attached hydrogens (tertiary/aromatic N) is 2. The fourth-order valence-electron chi connectivity index (χ4n) is 2.53. The second kappa shape index (κ2) is 7.56. The van der Waals surface area contributed by atoms with E-state index in [1.165, 1.54) is 0 Å². The van der Waals surface area contributed by atoms with Crippen LogP contribution in [0.5, 0.6) is 0 Å². The maximum atomic E-state index is 12.3. The molecule has 0 aromatic carbocycles. The number of methoxy groups -OCH3 is 1. The van der Waals surface area contributed by atoms with Gasteiger partial charge in [-0.1, -0.05) is 0 Å². The van der Waals surface area contributed by atoms with Crippen molar-refractivity contribution in [2.45, 2.75) is 39.2 Å². The number of morpholine rings is 1. The number of hydrogen-bond donors (Lipinski definition) is 1. The summed E-state index contributed by atoms with van der Waals surface area (Å²) in [6.45, 7) is 6.66. The van der Waals surface area contributed by atoms with Crippen LogP contribution in [-0.4, -0.2) is 60.5 Å². The van der Waals surface area contributed by atoms with Crippen LogP contribution in [0.2, 0.25) is 0 Å². The van der Waals surface area contributed by atoms with Crippen molar-refractivity contribution in [2.75, 3.05) is 33.4 Å². The molecule has 1 aromatic rings. The van der Waals surface area contributed by atoms with Crippen LogP contribution in [0.1, 0.15) is 29.8 Å². The zero-order chi connectivity index (χ0) is 15.2. The summed E-state index contributed by atoms with van der Waals surface area (Å²) in [5.41, 5.74) is 3.22. The fourth-order valence-corrected chi connectivity index (χ4v) is 2.53. The number of carbonyl (C=O) groups is 1. The number of nitrogens with one attached hydrogen (secondary N) is 1. The van der Waals surface area contributed by atoms with Gasteiger partial charge in [-0.3, -0.25) is 9.89 Å². The molecule has 1 N–H and O–H groups in total. The molecule has 0 spiro atoms. The SMILES string of the molecule is COCC[C@@H]1CN(C(=O)CCc2n[nH]c(C)c2C)CCO1. The molecule has 0 aliphatic carbocycles. The quantitative estimate of drug-likeness (QED) is 0.857. The summed E-state index contributed by atoms with van der Waals surface area (Å²) in [6, 6.07) is 0. The molecule has 1 saturated heterocycles. The summed E-state index contributed by atoms with van der Waals surface area (Å²) < 4.78 is 10.7. The van der Waals surface area contributed by atoms with Gasteiger partial charge in [-0.25, -0.2) is 0 Å². The zero-order valence-corrected chi connectivity index (χ0v) is 13.1. The van der Waals surface area contributed by atoms with E-state index in [0.717, 1.165) is 23.4 Å². The molecule has 0 unspecified atom stereocenters. The van der Waals surface area contributed by atoms with Crippen molar-refractivity contribution in [3.63, 3.8) is 0 Å². The Morgan fingerprint density at radius 2 is 2.33 bits per heavy atom. The van der Waals surface area contributed by atoms with Gasteiger partial charge in [0.1, 0.15) is 0 Å². The molecule has 1 fully saturated rings. The molecule has 0 radical (unpaired) electrons. The maximum Gasteiger partial charge on any atom is 0.223 e. The van der Waals surface area contributed by atoms with Gasteiger partial charge >= 0.3 is 0 Å². The normalized spacial score (nSPS) is 19.0. The van der Waals surface area contributed by atoms with E-state index in [1.807, 2.05) is 18.7 Å². The predicted octanol–water partition coefficient (Wildman–Crippen LogP) is 1.22.